The second-order valence-electron chi connectivity index (χ2n) is 10.4. The molecule has 5 N–H and O–H groups in total. The van der Waals surface area contributed by atoms with Gasteiger partial charge in [-0.25, -0.2) is 0 Å². The first kappa shape index (κ1) is 37.3. The number of carbonyl (C=O) groups excluding carboxylic acids is 1. The van der Waals surface area contributed by atoms with Gasteiger partial charge in [0, 0.05) is 0 Å². The maximum absolute atomic E-state index is 12.3. The van der Waals surface area contributed by atoms with Crippen molar-refractivity contribution < 1.29 is 25.2 Å². The summed E-state index contributed by atoms with van der Waals surface area (Å²) in [6, 6.07) is -1.01. The van der Waals surface area contributed by atoms with Crippen LogP contribution >= 0.6 is 0 Å². The van der Waals surface area contributed by atoms with E-state index in [-0.39, 0.29) is 0 Å². The standard InChI is InChI=1S/C33H59NO5/c1-3-5-7-9-11-13-14-15-16-17-19-21-23-25-27-31(37)33(39)34-29(28-35)32(38)30(36)26-24-22-20-18-12-10-8-6-4-2/h6,8,11,13-15,18,20,29-32,35-38H,3-5,7,9-10,12,16-17,19,21-28H2,1-2H3,(H,34,39)/b8-6+,13-11-,15-14-,20-18+. The molecule has 0 bridgehead atoms. The van der Waals surface area contributed by atoms with Crippen LogP contribution < -0.4 is 5.32 Å². The minimum absolute atomic E-state index is 0.339. The molecule has 39 heavy (non-hydrogen) atoms. The van der Waals surface area contributed by atoms with Gasteiger partial charge in [0.05, 0.1) is 18.8 Å². The van der Waals surface area contributed by atoms with Crippen LogP contribution in [0.25, 0.3) is 0 Å². The lowest BCUT2D eigenvalue weighted by atomic mass is 10.00. The summed E-state index contributed by atoms with van der Waals surface area (Å²) < 4.78 is 0. The molecule has 0 rings (SSSR count). The molecule has 0 fully saturated rings. The first-order valence-electron chi connectivity index (χ1n) is 15.5. The summed E-state index contributed by atoms with van der Waals surface area (Å²) in [4.78, 5) is 12.3. The van der Waals surface area contributed by atoms with Gasteiger partial charge in [0.1, 0.15) is 12.2 Å². The number of allylic oxidation sites excluding steroid dienone is 8. The monoisotopic (exact) mass is 549 g/mol. The van der Waals surface area contributed by atoms with Gasteiger partial charge in [-0.2, -0.15) is 0 Å². The SMILES string of the molecule is CC/C=C/CC/C=C/CCCC(O)C(O)C(CO)NC(=O)C(O)CCCCCCC/C=C\C=C/CCCCC. The molecule has 0 aromatic rings. The number of rotatable bonds is 26. The van der Waals surface area contributed by atoms with Gasteiger partial charge in [-0.1, -0.05) is 101 Å². The summed E-state index contributed by atoms with van der Waals surface area (Å²) in [6.45, 7) is 3.82. The van der Waals surface area contributed by atoms with Crippen LogP contribution in [-0.4, -0.2) is 57.3 Å². The summed E-state index contributed by atoms with van der Waals surface area (Å²) in [6.07, 6.45) is 30.0. The molecule has 1 amide bonds. The molecule has 4 atom stereocenters. The summed E-state index contributed by atoms with van der Waals surface area (Å²) in [7, 11) is 0. The van der Waals surface area contributed by atoms with Gasteiger partial charge in [0.25, 0.3) is 0 Å². The minimum atomic E-state index is -1.29. The Morgan fingerprint density at radius 1 is 0.667 bits per heavy atom. The van der Waals surface area contributed by atoms with Crippen LogP contribution in [0.15, 0.2) is 48.6 Å². The van der Waals surface area contributed by atoms with E-state index in [0.717, 1.165) is 70.6 Å². The lowest BCUT2D eigenvalue weighted by molar-refractivity contribution is -0.132. The Labute approximate surface area is 239 Å². The fourth-order valence-corrected chi connectivity index (χ4v) is 4.24. The number of aliphatic hydroxyl groups excluding tert-OH is 4. The van der Waals surface area contributed by atoms with Crippen molar-refractivity contribution in [2.45, 2.75) is 147 Å². The summed E-state index contributed by atoms with van der Waals surface area (Å²) in [5.41, 5.74) is 0. The molecule has 0 aliphatic carbocycles. The van der Waals surface area contributed by atoms with Crippen LogP contribution in [0.3, 0.4) is 0 Å². The molecule has 0 aliphatic rings. The van der Waals surface area contributed by atoms with E-state index < -0.39 is 36.9 Å². The quantitative estimate of drug-likeness (QED) is 0.0484. The summed E-state index contributed by atoms with van der Waals surface area (Å²) in [5.74, 6) is -0.617. The van der Waals surface area contributed by atoms with Crippen LogP contribution in [0.5, 0.6) is 0 Å². The second kappa shape index (κ2) is 27.8. The zero-order valence-electron chi connectivity index (χ0n) is 24.9. The van der Waals surface area contributed by atoms with Crippen LogP contribution in [0.2, 0.25) is 0 Å². The summed E-state index contributed by atoms with van der Waals surface area (Å²) >= 11 is 0. The predicted molar refractivity (Wildman–Crippen MR) is 163 cm³/mol. The molecule has 6 heteroatoms. The zero-order valence-corrected chi connectivity index (χ0v) is 24.9. The molecule has 0 aromatic heterocycles. The third kappa shape index (κ3) is 22.8. The molecule has 0 saturated carbocycles. The topological polar surface area (TPSA) is 110 Å². The van der Waals surface area contributed by atoms with E-state index >= 15 is 0 Å². The van der Waals surface area contributed by atoms with E-state index in [9.17, 15) is 25.2 Å². The Morgan fingerprint density at radius 2 is 1.23 bits per heavy atom. The highest BCUT2D eigenvalue weighted by atomic mass is 16.3. The number of amides is 1. The van der Waals surface area contributed by atoms with Crippen molar-refractivity contribution in [2.75, 3.05) is 6.61 Å². The van der Waals surface area contributed by atoms with Crippen molar-refractivity contribution in [3.63, 3.8) is 0 Å². The van der Waals surface area contributed by atoms with Crippen LogP contribution in [-0.2, 0) is 4.79 Å². The normalized spacial score (nSPS) is 15.5. The fraction of sp³-hybridized carbons (Fsp3) is 0.727. The number of nitrogens with one attached hydrogen (secondary N) is 1. The Kier molecular flexibility index (Phi) is 26.6. The van der Waals surface area contributed by atoms with E-state index in [1.807, 2.05) is 0 Å². The molecule has 0 heterocycles. The van der Waals surface area contributed by atoms with Crippen molar-refractivity contribution in [3.8, 4) is 0 Å². The third-order valence-electron chi connectivity index (χ3n) is 6.78. The van der Waals surface area contributed by atoms with Crippen molar-refractivity contribution in [1.29, 1.82) is 0 Å². The maximum Gasteiger partial charge on any atom is 0.249 e. The van der Waals surface area contributed by atoms with Crippen molar-refractivity contribution in [3.05, 3.63) is 48.6 Å². The van der Waals surface area contributed by atoms with Crippen molar-refractivity contribution >= 4 is 5.91 Å². The lowest BCUT2D eigenvalue weighted by Gasteiger charge is -2.27. The van der Waals surface area contributed by atoms with Crippen LogP contribution in [0, 0.1) is 0 Å². The van der Waals surface area contributed by atoms with E-state index in [1.54, 1.807) is 0 Å². The van der Waals surface area contributed by atoms with E-state index in [4.69, 9.17) is 0 Å². The molecular weight excluding hydrogens is 490 g/mol. The Hall–Kier alpha value is -1.73. The molecule has 4 unspecified atom stereocenters. The Bertz CT molecular complexity index is 673. The zero-order chi connectivity index (χ0) is 29.0. The van der Waals surface area contributed by atoms with Gasteiger partial charge >= 0.3 is 0 Å². The molecule has 0 aromatic carbocycles. The molecule has 0 aliphatic heterocycles. The van der Waals surface area contributed by atoms with Gasteiger partial charge in [-0.15, -0.1) is 0 Å². The number of carbonyl (C=O) groups is 1. The molecular formula is C33H59NO5. The van der Waals surface area contributed by atoms with E-state index in [1.165, 1.54) is 19.3 Å². The van der Waals surface area contributed by atoms with Crippen molar-refractivity contribution in [2.24, 2.45) is 0 Å². The molecule has 0 radical (unpaired) electrons. The number of hydrogen-bond acceptors (Lipinski definition) is 5. The molecule has 0 saturated heterocycles. The number of unbranched alkanes of at least 4 members (excludes halogenated alkanes) is 10. The first-order valence-corrected chi connectivity index (χ1v) is 15.5. The Morgan fingerprint density at radius 3 is 1.87 bits per heavy atom. The number of aliphatic hydroxyl groups is 4. The Balaban J connectivity index is 4.00. The third-order valence-corrected chi connectivity index (χ3v) is 6.78. The highest BCUT2D eigenvalue weighted by molar-refractivity contribution is 5.80. The van der Waals surface area contributed by atoms with E-state index in [0.29, 0.717) is 19.3 Å². The van der Waals surface area contributed by atoms with Gasteiger partial charge < -0.3 is 25.7 Å². The summed E-state index contributed by atoms with van der Waals surface area (Å²) in [5, 5.41) is 43.0. The second-order valence-corrected chi connectivity index (χ2v) is 10.4. The largest absolute Gasteiger partial charge is 0.394 e. The maximum atomic E-state index is 12.3. The highest BCUT2D eigenvalue weighted by Gasteiger charge is 2.28. The smallest absolute Gasteiger partial charge is 0.249 e. The first-order chi connectivity index (χ1) is 19.0. The molecule has 0 spiro atoms. The fourth-order valence-electron chi connectivity index (χ4n) is 4.24. The molecule has 226 valence electrons. The molecule has 6 nitrogen and oxygen atoms in total. The average Bonchev–Trinajstić information content (AvgIpc) is 2.94. The number of hydrogen-bond donors (Lipinski definition) is 5. The van der Waals surface area contributed by atoms with Gasteiger partial charge in [0.15, 0.2) is 0 Å². The van der Waals surface area contributed by atoms with Crippen LogP contribution in [0.4, 0.5) is 0 Å². The predicted octanol–water partition coefficient (Wildman–Crippen LogP) is 6.44. The van der Waals surface area contributed by atoms with Crippen molar-refractivity contribution in [1.82, 2.24) is 5.32 Å². The average molecular weight is 550 g/mol. The minimum Gasteiger partial charge on any atom is -0.394 e. The van der Waals surface area contributed by atoms with Gasteiger partial charge in [0.2, 0.25) is 5.91 Å². The van der Waals surface area contributed by atoms with E-state index in [2.05, 4.69) is 67.8 Å². The van der Waals surface area contributed by atoms with Gasteiger partial charge in [-0.05, 0) is 70.6 Å². The highest BCUT2D eigenvalue weighted by Crippen LogP contribution is 2.12. The van der Waals surface area contributed by atoms with Gasteiger partial charge in [-0.3, -0.25) is 4.79 Å². The lowest BCUT2D eigenvalue weighted by Crippen LogP contribution is -2.53. The van der Waals surface area contributed by atoms with Crippen LogP contribution in [0.1, 0.15) is 123 Å².